The molecular formula is C23H38N4O4. The molecule has 0 spiro atoms. The van der Waals surface area contributed by atoms with Gasteiger partial charge in [0, 0.05) is 13.6 Å². The van der Waals surface area contributed by atoms with Crippen LogP contribution in [0.4, 0.5) is 0 Å². The number of Topliss-reactive ketones (excluding diaryl/α,β-unsaturated/α-hetero) is 1. The summed E-state index contributed by atoms with van der Waals surface area (Å²) in [7, 11) is 1.41. The average Bonchev–Trinajstić information content (AvgIpc) is 3.02. The van der Waals surface area contributed by atoms with Crippen molar-refractivity contribution < 1.29 is 19.2 Å². The zero-order chi connectivity index (χ0) is 23.3. The van der Waals surface area contributed by atoms with Crippen LogP contribution >= 0.6 is 0 Å². The quantitative estimate of drug-likeness (QED) is 0.513. The Hall–Kier alpha value is -1.96. The van der Waals surface area contributed by atoms with Crippen LogP contribution in [-0.4, -0.2) is 60.1 Å². The molecule has 0 aromatic rings. The van der Waals surface area contributed by atoms with E-state index >= 15 is 0 Å². The van der Waals surface area contributed by atoms with Crippen LogP contribution in [-0.2, 0) is 19.2 Å². The average molecular weight is 435 g/mol. The van der Waals surface area contributed by atoms with Gasteiger partial charge in [0.05, 0.1) is 12.1 Å². The van der Waals surface area contributed by atoms with Gasteiger partial charge in [0.1, 0.15) is 6.04 Å². The maximum atomic E-state index is 13.4. The highest BCUT2D eigenvalue weighted by atomic mass is 16.2. The predicted molar refractivity (Wildman–Crippen MR) is 117 cm³/mol. The summed E-state index contributed by atoms with van der Waals surface area (Å²) in [6, 6.07) is -2.25. The Morgan fingerprint density at radius 2 is 1.77 bits per heavy atom. The summed E-state index contributed by atoms with van der Waals surface area (Å²) in [5.41, 5.74) is 5.76. The van der Waals surface area contributed by atoms with Crippen LogP contribution in [0, 0.1) is 28.6 Å². The van der Waals surface area contributed by atoms with Crippen molar-refractivity contribution in [3.05, 3.63) is 0 Å². The summed E-state index contributed by atoms with van der Waals surface area (Å²) in [5, 5.41) is 5.21. The third-order valence-electron chi connectivity index (χ3n) is 7.84. The number of hydrogen-bond donors (Lipinski definition) is 3. The van der Waals surface area contributed by atoms with Gasteiger partial charge in [0.2, 0.25) is 17.6 Å². The van der Waals surface area contributed by atoms with E-state index in [2.05, 4.69) is 24.5 Å². The lowest BCUT2D eigenvalue weighted by Gasteiger charge is -2.36. The van der Waals surface area contributed by atoms with E-state index in [1.807, 2.05) is 20.8 Å². The Bertz CT molecular complexity index is 768. The molecule has 1 aliphatic heterocycles. The van der Waals surface area contributed by atoms with Crippen LogP contribution in [0.5, 0.6) is 0 Å². The van der Waals surface area contributed by atoms with Gasteiger partial charge < -0.3 is 21.3 Å². The van der Waals surface area contributed by atoms with Crippen molar-refractivity contribution in [3.8, 4) is 0 Å². The Kier molecular flexibility index (Phi) is 6.26. The SMILES string of the molecule is CNC(=O)C(=O)C(CC1CCC1)NC(=O)[C@@H]1C2C(CN1C(=O)[C@@H](N)C(C)(C)C)C2(C)C. The number of nitrogens with zero attached hydrogens (tertiary/aromatic N) is 1. The van der Waals surface area contributed by atoms with Crippen molar-refractivity contribution in [1.82, 2.24) is 15.5 Å². The highest BCUT2D eigenvalue weighted by Crippen LogP contribution is 2.65. The second-order valence-corrected chi connectivity index (χ2v) is 11.3. The van der Waals surface area contributed by atoms with Crippen molar-refractivity contribution in [1.29, 1.82) is 0 Å². The summed E-state index contributed by atoms with van der Waals surface area (Å²) < 4.78 is 0. The fourth-order valence-corrected chi connectivity index (χ4v) is 5.19. The van der Waals surface area contributed by atoms with Crippen LogP contribution in [0.1, 0.15) is 60.3 Å². The van der Waals surface area contributed by atoms with E-state index in [-0.39, 0.29) is 29.1 Å². The van der Waals surface area contributed by atoms with E-state index in [1.165, 1.54) is 7.05 Å². The fraction of sp³-hybridized carbons (Fsp3) is 0.826. The van der Waals surface area contributed by atoms with Gasteiger partial charge in [0.15, 0.2) is 0 Å². The van der Waals surface area contributed by atoms with Crippen molar-refractivity contribution in [3.63, 3.8) is 0 Å². The molecule has 174 valence electrons. The van der Waals surface area contributed by atoms with Gasteiger partial charge in [-0.15, -0.1) is 0 Å². The topological polar surface area (TPSA) is 122 Å². The molecular weight excluding hydrogens is 396 g/mol. The number of amides is 3. The second kappa shape index (κ2) is 8.19. The number of nitrogens with one attached hydrogen (secondary N) is 2. The Labute approximate surface area is 185 Å². The molecule has 3 fully saturated rings. The summed E-state index contributed by atoms with van der Waals surface area (Å²) in [6.07, 6.45) is 3.56. The van der Waals surface area contributed by atoms with Gasteiger partial charge in [0.25, 0.3) is 5.91 Å². The first-order chi connectivity index (χ1) is 14.3. The minimum Gasteiger partial charge on any atom is -0.353 e. The Morgan fingerprint density at radius 3 is 2.26 bits per heavy atom. The fourth-order valence-electron chi connectivity index (χ4n) is 5.19. The number of carbonyl (C=O) groups excluding carboxylic acids is 4. The van der Waals surface area contributed by atoms with E-state index in [4.69, 9.17) is 5.73 Å². The molecule has 0 radical (unpaired) electrons. The first kappa shape index (κ1) is 23.7. The number of rotatable bonds is 7. The maximum absolute atomic E-state index is 13.4. The monoisotopic (exact) mass is 434 g/mol. The van der Waals surface area contributed by atoms with Gasteiger partial charge in [-0.3, -0.25) is 19.2 Å². The highest BCUT2D eigenvalue weighted by molar-refractivity contribution is 6.38. The molecule has 0 aromatic carbocycles. The molecule has 1 saturated heterocycles. The third-order valence-corrected chi connectivity index (χ3v) is 7.84. The van der Waals surface area contributed by atoms with Crippen LogP contribution in [0.2, 0.25) is 0 Å². The lowest BCUT2D eigenvalue weighted by molar-refractivity contribution is -0.145. The number of fused-ring (bicyclic) bond motifs is 1. The normalized spacial score (nSPS) is 28.7. The Balaban J connectivity index is 1.80. The summed E-state index contributed by atoms with van der Waals surface area (Å²) in [4.78, 5) is 52.9. The number of carbonyl (C=O) groups is 4. The number of hydrogen-bond acceptors (Lipinski definition) is 5. The lowest BCUT2D eigenvalue weighted by atomic mass is 9.80. The molecule has 0 aromatic heterocycles. The van der Waals surface area contributed by atoms with E-state index in [0.29, 0.717) is 18.9 Å². The van der Waals surface area contributed by atoms with Crippen molar-refractivity contribution in [2.45, 2.75) is 78.4 Å². The smallest absolute Gasteiger partial charge is 0.289 e. The number of nitrogens with two attached hydrogens (primary N) is 1. The molecule has 3 amide bonds. The van der Waals surface area contributed by atoms with E-state index in [9.17, 15) is 19.2 Å². The van der Waals surface area contributed by atoms with Crippen molar-refractivity contribution in [2.75, 3.05) is 13.6 Å². The standard InChI is InChI=1S/C23H38N4O4/c1-22(2,3)18(24)21(31)27-11-13-15(23(13,4)5)16(27)19(29)26-14(10-12-8-7-9-12)17(28)20(30)25-6/h12-16,18H,7-11,24H2,1-6H3,(H,25,30)(H,26,29)/t13?,14?,15?,16-,18+/m0/s1. The minimum absolute atomic E-state index is 0.0306. The number of likely N-dealkylation sites (tertiary alicyclic amines) is 1. The third kappa shape index (κ3) is 4.36. The summed E-state index contributed by atoms with van der Waals surface area (Å²) in [5.74, 6) is -1.32. The molecule has 4 N–H and O–H groups in total. The molecule has 3 aliphatic rings. The van der Waals surface area contributed by atoms with Gasteiger partial charge in [-0.05, 0) is 35.0 Å². The van der Waals surface area contributed by atoms with Gasteiger partial charge in [-0.2, -0.15) is 0 Å². The zero-order valence-electron chi connectivity index (χ0n) is 19.7. The zero-order valence-corrected chi connectivity index (χ0v) is 19.7. The van der Waals surface area contributed by atoms with Crippen LogP contribution < -0.4 is 16.4 Å². The molecule has 3 unspecified atom stereocenters. The van der Waals surface area contributed by atoms with Crippen LogP contribution in [0.15, 0.2) is 0 Å². The van der Waals surface area contributed by atoms with Crippen LogP contribution in [0.3, 0.4) is 0 Å². The van der Waals surface area contributed by atoms with Crippen LogP contribution in [0.25, 0.3) is 0 Å². The molecule has 1 heterocycles. The van der Waals surface area contributed by atoms with Gasteiger partial charge in [-0.1, -0.05) is 53.9 Å². The predicted octanol–water partition coefficient (Wildman–Crippen LogP) is 0.833. The second-order valence-electron chi connectivity index (χ2n) is 11.3. The molecule has 8 nitrogen and oxygen atoms in total. The summed E-state index contributed by atoms with van der Waals surface area (Å²) >= 11 is 0. The first-order valence-electron chi connectivity index (χ1n) is 11.4. The molecule has 3 rings (SSSR count). The molecule has 2 saturated carbocycles. The van der Waals surface area contributed by atoms with Gasteiger partial charge in [-0.25, -0.2) is 0 Å². The molecule has 31 heavy (non-hydrogen) atoms. The maximum Gasteiger partial charge on any atom is 0.289 e. The number of piperidine rings is 1. The van der Waals surface area contributed by atoms with Gasteiger partial charge >= 0.3 is 0 Å². The van der Waals surface area contributed by atoms with E-state index < -0.39 is 35.2 Å². The molecule has 5 atom stereocenters. The molecule has 2 aliphatic carbocycles. The minimum atomic E-state index is -0.869. The van der Waals surface area contributed by atoms with E-state index in [1.54, 1.807) is 4.90 Å². The van der Waals surface area contributed by atoms with Crippen molar-refractivity contribution >= 4 is 23.5 Å². The summed E-state index contributed by atoms with van der Waals surface area (Å²) in [6.45, 7) is 10.4. The van der Waals surface area contributed by atoms with E-state index in [0.717, 1.165) is 19.3 Å². The largest absolute Gasteiger partial charge is 0.353 e. The molecule has 0 bridgehead atoms. The number of ketones is 1. The Morgan fingerprint density at radius 1 is 1.16 bits per heavy atom. The molecule has 8 heteroatoms. The highest BCUT2D eigenvalue weighted by Gasteiger charge is 2.69. The lowest BCUT2D eigenvalue weighted by Crippen LogP contribution is -2.59. The first-order valence-corrected chi connectivity index (χ1v) is 11.4. The van der Waals surface area contributed by atoms with Crippen molar-refractivity contribution in [2.24, 2.45) is 34.3 Å². The number of likely N-dealkylation sites (N-methyl/N-ethyl adjacent to an activating group) is 1.